The van der Waals surface area contributed by atoms with Gasteiger partial charge in [0.15, 0.2) is 0 Å². The number of nitrogens with zero attached hydrogens (tertiary/aromatic N) is 3. The highest BCUT2D eigenvalue weighted by Gasteiger charge is 2.44. The number of ether oxygens (including phenoxy) is 1. The molecular formula is C13H15N3O3S. The Morgan fingerprint density at radius 1 is 1.55 bits per heavy atom. The molecule has 7 heteroatoms. The fourth-order valence-corrected chi connectivity index (χ4v) is 3.46. The van der Waals surface area contributed by atoms with Gasteiger partial charge >= 0.3 is 5.97 Å². The second-order valence-electron chi connectivity index (χ2n) is 5.00. The molecule has 106 valence electrons. The summed E-state index contributed by atoms with van der Waals surface area (Å²) >= 11 is 1.36. The van der Waals surface area contributed by atoms with E-state index in [1.807, 2.05) is 36.2 Å². The summed E-state index contributed by atoms with van der Waals surface area (Å²) < 4.78 is 5.43. The van der Waals surface area contributed by atoms with Gasteiger partial charge < -0.3 is 9.94 Å². The van der Waals surface area contributed by atoms with Gasteiger partial charge in [0.05, 0.1) is 16.8 Å². The summed E-state index contributed by atoms with van der Waals surface area (Å²) in [5.41, 5.74) is 0.803. The SMILES string of the molecule is CC(=O)OC1CN(C)C[N+]1([O-])c1nc2ccccc2s1. The van der Waals surface area contributed by atoms with E-state index in [1.165, 1.54) is 18.3 Å². The van der Waals surface area contributed by atoms with E-state index in [0.717, 1.165) is 10.2 Å². The zero-order chi connectivity index (χ0) is 14.3. The fourth-order valence-electron chi connectivity index (χ4n) is 2.43. The van der Waals surface area contributed by atoms with E-state index >= 15 is 0 Å². The number of likely N-dealkylation sites (N-methyl/N-ethyl adjacent to an activating group) is 1. The van der Waals surface area contributed by atoms with Crippen molar-refractivity contribution in [3.8, 4) is 0 Å². The largest absolute Gasteiger partial charge is 0.622 e. The first kappa shape index (κ1) is 13.4. The number of quaternary nitrogens is 1. The van der Waals surface area contributed by atoms with E-state index < -0.39 is 16.8 Å². The van der Waals surface area contributed by atoms with Crippen LogP contribution in [0, 0.1) is 5.21 Å². The van der Waals surface area contributed by atoms with E-state index in [9.17, 15) is 10.0 Å². The summed E-state index contributed by atoms with van der Waals surface area (Å²) in [4.78, 5) is 17.5. The minimum absolute atomic E-state index is 0.234. The Labute approximate surface area is 120 Å². The quantitative estimate of drug-likeness (QED) is 0.480. The van der Waals surface area contributed by atoms with Crippen molar-refractivity contribution in [2.45, 2.75) is 13.2 Å². The molecule has 1 fully saturated rings. The lowest BCUT2D eigenvalue weighted by Gasteiger charge is -2.38. The van der Waals surface area contributed by atoms with E-state index in [2.05, 4.69) is 4.98 Å². The average Bonchev–Trinajstić information content (AvgIpc) is 2.91. The van der Waals surface area contributed by atoms with Crippen LogP contribution in [0.15, 0.2) is 24.3 Å². The third-order valence-corrected chi connectivity index (χ3v) is 4.44. The molecule has 3 rings (SSSR count). The molecule has 0 saturated carbocycles. The van der Waals surface area contributed by atoms with Gasteiger partial charge in [-0.1, -0.05) is 23.5 Å². The first-order valence-corrected chi connectivity index (χ1v) is 7.11. The third kappa shape index (κ3) is 2.18. The number of hydrogen-bond donors (Lipinski definition) is 0. The maximum absolute atomic E-state index is 13.1. The lowest BCUT2D eigenvalue weighted by molar-refractivity contribution is -0.150. The van der Waals surface area contributed by atoms with Crippen LogP contribution in [0.3, 0.4) is 0 Å². The standard InChI is InChI=1S/C13H15N3O3S/c1-9(17)19-12-7-15(2)8-16(12,18)13-14-10-5-3-4-6-11(10)20-13/h3-6,12H,7-8H2,1-2H3. The van der Waals surface area contributed by atoms with Crippen LogP contribution in [0.2, 0.25) is 0 Å². The Bertz CT molecular complexity index is 626. The number of rotatable bonds is 2. The molecule has 2 atom stereocenters. The molecule has 6 nitrogen and oxygen atoms in total. The number of aromatic nitrogens is 1. The summed E-state index contributed by atoms with van der Waals surface area (Å²) in [5.74, 6) is -0.440. The van der Waals surface area contributed by atoms with Crippen LogP contribution < -0.4 is 4.65 Å². The van der Waals surface area contributed by atoms with Crippen LogP contribution in [-0.4, -0.2) is 42.3 Å². The van der Waals surface area contributed by atoms with E-state index in [0.29, 0.717) is 11.7 Å². The number of hydrogen-bond acceptors (Lipinski definition) is 6. The molecule has 0 radical (unpaired) electrons. The number of carbonyl (C=O) groups is 1. The second kappa shape index (κ2) is 4.78. The van der Waals surface area contributed by atoms with Crippen molar-refractivity contribution in [2.75, 3.05) is 20.3 Å². The van der Waals surface area contributed by atoms with Crippen molar-refractivity contribution >= 4 is 32.7 Å². The number of thiazole rings is 1. The molecule has 0 amide bonds. The fraction of sp³-hybridized carbons (Fsp3) is 0.385. The van der Waals surface area contributed by atoms with Crippen LogP contribution in [0.25, 0.3) is 10.2 Å². The average molecular weight is 293 g/mol. The maximum Gasteiger partial charge on any atom is 0.307 e. The molecule has 1 aliphatic rings. The number of esters is 1. The van der Waals surface area contributed by atoms with Gasteiger partial charge in [0, 0.05) is 6.92 Å². The molecule has 0 N–H and O–H groups in total. The van der Waals surface area contributed by atoms with E-state index in [-0.39, 0.29) is 6.67 Å². The molecule has 0 bridgehead atoms. The van der Waals surface area contributed by atoms with Gasteiger partial charge in [-0.3, -0.25) is 9.44 Å². The van der Waals surface area contributed by atoms with Crippen LogP contribution in [0.5, 0.6) is 0 Å². The van der Waals surface area contributed by atoms with Gasteiger partial charge in [-0.25, -0.2) is 4.90 Å². The molecule has 2 aromatic rings. The lowest BCUT2D eigenvalue weighted by atomic mass is 10.3. The van der Waals surface area contributed by atoms with Crippen LogP contribution in [-0.2, 0) is 9.53 Å². The topological polar surface area (TPSA) is 65.5 Å². The Balaban J connectivity index is 2.02. The highest BCUT2D eigenvalue weighted by Crippen LogP contribution is 2.37. The van der Waals surface area contributed by atoms with Crippen molar-refractivity contribution in [2.24, 2.45) is 0 Å². The molecule has 20 heavy (non-hydrogen) atoms. The predicted octanol–water partition coefficient (Wildman–Crippen LogP) is 1.89. The predicted molar refractivity (Wildman–Crippen MR) is 77.8 cm³/mol. The Morgan fingerprint density at radius 3 is 3.00 bits per heavy atom. The second-order valence-corrected chi connectivity index (χ2v) is 6.01. The number of para-hydroxylation sites is 1. The summed E-state index contributed by atoms with van der Waals surface area (Å²) in [5, 5.41) is 13.5. The minimum Gasteiger partial charge on any atom is -0.622 e. The third-order valence-electron chi connectivity index (χ3n) is 3.29. The summed E-state index contributed by atoms with van der Waals surface area (Å²) in [6.45, 7) is 1.97. The summed E-state index contributed by atoms with van der Waals surface area (Å²) in [7, 11) is 1.84. The zero-order valence-corrected chi connectivity index (χ0v) is 12.1. The highest BCUT2D eigenvalue weighted by molar-refractivity contribution is 7.22. The van der Waals surface area contributed by atoms with Crippen molar-refractivity contribution in [3.63, 3.8) is 0 Å². The Morgan fingerprint density at radius 2 is 2.30 bits per heavy atom. The molecule has 2 heterocycles. The van der Waals surface area contributed by atoms with Gasteiger partial charge in [0.2, 0.25) is 0 Å². The first-order valence-electron chi connectivity index (χ1n) is 6.30. The van der Waals surface area contributed by atoms with Gasteiger partial charge in [0.1, 0.15) is 6.67 Å². The maximum atomic E-state index is 13.1. The number of benzene rings is 1. The van der Waals surface area contributed by atoms with E-state index in [4.69, 9.17) is 4.74 Å². The molecule has 1 aliphatic heterocycles. The molecule has 1 aromatic carbocycles. The first-order chi connectivity index (χ1) is 9.49. The number of carbonyl (C=O) groups excluding carboxylic acids is 1. The molecule has 1 saturated heterocycles. The van der Waals surface area contributed by atoms with Gasteiger partial charge in [-0.2, -0.15) is 4.98 Å². The van der Waals surface area contributed by atoms with Gasteiger partial charge in [-0.05, 0) is 19.2 Å². The summed E-state index contributed by atoms with van der Waals surface area (Å²) in [6, 6.07) is 7.62. The molecule has 2 unspecified atom stereocenters. The minimum atomic E-state index is -0.752. The molecule has 0 aliphatic carbocycles. The Hall–Kier alpha value is -1.54. The van der Waals surface area contributed by atoms with Crippen molar-refractivity contribution in [1.29, 1.82) is 0 Å². The molecular weight excluding hydrogens is 278 g/mol. The smallest absolute Gasteiger partial charge is 0.307 e. The van der Waals surface area contributed by atoms with Gasteiger partial charge in [0.25, 0.3) is 11.4 Å². The Kier molecular flexibility index (Phi) is 3.21. The monoisotopic (exact) mass is 293 g/mol. The normalized spacial score (nSPS) is 27.1. The molecule has 0 spiro atoms. The van der Waals surface area contributed by atoms with E-state index in [1.54, 1.807) is 0 Å². The number of hydroxylamine groups is 2. The zero-order valence-electron chi connectivity index (χ0n) is 11.3. The van der Waals surface area contributed by atoms with Crippen LogP contribution in [0.1, 0.15) is 6.92 Å². The number of fused-ring (bicyclic) bond motifs is 1. The lowest BCUT2D eigenvalue weighted by Crippen LogP contribution is -2.50. The van der Waals surface area contributed by atoms with Gasteiger partial charge in [-0.15, -0.1) is 0 Å². The van der Waals surface area contributed by atoms with Crippen molar-refractivity contribution in [1.82, 2.24) is 14.5 Å². The molecule has 1 aromatic heterocycles. The van der Waals surface area contributed by atoms with Crippen molar-refractivity contribution < 1.29 is 9.53 Å². The summed E-state index contributed by atoms with van der Waals surface area (Å²) in [6.07, 6.45) is -0.752. The highest BCUT2D eigenvalue weighted by atomic mass is 32.1. The van der Waals surface area contributed by atoms with Crippen LogP contribution in [0.4, 0.5) is 5.13 Å². The van der Waals surface area contributed by atoms with Crippen LogP contribution >= 0.6 is 11.3 Å². The van der Waals surface area contributed by atoms with Crippen molar-refractivity contribution in [3.05, 3.63) is 29.5 Å².